The Bertz CT molecular complexity index is 380. The molecule has 1 N–H and O–H groups in total. The van der Waals surface area contributed by atoms with Gasteiger partial charge in [0.05, 0.1) is 0 Å². The highest BCUT2D eigenvalue weighted by Gasteiger charge is 1.94. The predicted molar refractivity (Wildman–Crippen MR) is 61.9 cm³/mol. The summed E-state index contributed by atoms with van der Waals surface area (Å²) in [6.07, 6.45) is 0. The Kier molecular flexibility index (Phi) is 3.07. The van der Waals surface area contributed by atoms with E-state index in [2.05, 4.69) is 22.8 Å². The molecule has 0 unspecified atom stereocenters. The second-order valence-electron chi connectivity index (χ2n) is 2.85. The highest BCUT2D eigenvalue weighted by molar-refractivity contribution is 7.09. The molecule has 0 spiro atoms. The summed E-state index contributed by atoms with van der Waals surface area (Å²) in [7, 11) is 0. The summed E-state index contributed by atoms with van der Waals surface area (Å²) < 4.78 is 0. The summed E-state index contributed by atoms with van der Waals surface area (Å²) in [5.74, 6) is 0. The summed E-state index contributed by atoms with van der Waals surface area (Å²) in [6.45, 7) is 0.843. The van der Waals surface area contributed by atoms with Crippen molar-refractivity contribution in [2.45, 2.75) is 6.54 Å². The van der Waals surface area contributed by atoms with Gasteiger partial charge in [-0.2, -0.15) is 0 Å². The van der Waals surface area contributed by atoms with E-state index in [1.807, 2.05) is 18.2 Å². The third-order valence-corrected chi connectivity index (χ3v) is 2.92. The van der Waals surface area contributed by atoms with E-state index in [-0.39, 0.29) is 0 Å². The first-order valence-corrected chi connectivity index (χ1v) is 5.54. The molecule has 1 aromatic heterocycles. The monoisotopic (exact) mass is 222 g/mol. The molecule has 1 radical (unpaired) electrons. The molecule has 1 heterocycles. The zero-order chi connectivity index (χ0) is 9.80. The van der Waals surface area contributed by atoms with E-state index in [4.69, 9.17) is 11.6 Å². The second-order valence-corrected chi connectivity index (χ2v) is 4.32. The number of nitrogens with one attached hydrogen (secondary N) is 1. The molecule has 0 amide bonds. The normalized spacial score (nSPS) is 10.1. The summed E-state index contributed by atoms with van der Waals surface area (Å²) in [4.78, 5) is 1.31. The lowest BCUT2D eigenvalue weighted by molar-refractivity contribution is 1.19. The summed E-state index contributed by atoms with van der Waals surface area (Å²) >= 11 is 7.50. The Morgan fingerprint density at radius 3 is 2.93 bits per heavy atom. The van der Waals surface area contributed by atoms with Crippen LogP contribution in [0.25, 0.3) is 0 Å². The minimum Gasteiger partial charge on any atom is -0.380 e. The van der Waals surface area contributed by atoms with Gasteiger partial charge in [-0.05, 0) is 29.6 Å². The van der Waals surface area contributed by atoms with E-state index in [0.717, 1.165) is 12.2 Å². The molecule has 0 saturated heterocycles. The zero-order valence-electron chi connectivity index (χ0n) is 7.46. The standard InChI is InChI=1S/C11H9ClNS/c12-9-3-5-10(6-4-9)13-8-11-2-1-7-14-11/h1-5,7,13H,8H2. The van der Waals surface area contributed by atoms with Gasteiger partial charge < -0.3 is 5.32 Å². The number of hydrogen-bond donors (Lipinski definition) is 1. The molecule has 0 saturated carbocycles. The molecule has 0 aliphatic heterocycles. The summed E-state index contributed by atoms with van der Waals surface area (Å²) in [5.41, 5.74) is 0.975. The van der Waals surface area contributed by atoms with Gasteiger partial charge in [0.15, 0.2) is 0 Å². The van der Waals surface area contributed by atoms with Gasteiger partial charge >= 0.3 is 0 Å². The van der Waals surface area contributed by atoms with Crippen LogP contribution in [0, 0.1) is 6.07 Å². The van der Waals surface area contributed by atoms with E-state index in [1.54, 1.807) is 17.4 Å². The number of benzene rings is 1. The van der Waals surface area contributed by atoms with Crippen LogP contribution in [0.2, 0.25) is 5.02 Å². The topological polar surface area (TPSA) is 12.0 Å². The van der Waals surface area contributed by atoms with Gasteiger partial charge in [0.1, 0.15) is 0 Å². The number of anilines is 1. The first kappa shape index (κ1) is 9.56. The Balaban J connectivity index is 1.95. The van der Waals surface area contributed by atoms with Crippen LogP contribution in [0.1, 0.15) is 4.88 Å². The molecule has 3 heteroatoms. The van der Waals surface area contributed by atoms with Crippen LogP contribution in [-0.4, -0.2) is 0 Å². The summed E-state index contributed by atoms with van der Waals surface area (Å²) in [6, 6.07) is 12.8. The fourth-order valence-electron chi connectivity index (χ4n) is 1.11. The SMILES string of the molecule is Clc1c[c]c(NCc2cccs2)cc1. The fraction of sp³-hybridized carbons (Fsp3) is 0.0909. The molecule has 0 atom stereocenters. The van der Waals surface area contributed by atoms with Crippen molar-refractivity contribution in [3.05, 3.63) is 51.7 Å². The molecule has 0 bridgehead atoms. The van der Waals surface area contributed by atoms with E-state index >= 15 is 0 Å². The third-order valence-electron chi connectivity index (χ3n) is 1.81. The molecule has 71 valence electrons. The largest absolute Gasteiger partial charge is 0.380 e. The number of thiophene rings is 1. The van der Waals surface area contributed by atoms with Crippen molar-refractivity contribution >= 4 is 28.6 Å². The smallest absolute Gasteiger partial charge is 0.0494 e. The van der Waals surface area contributed by atoms with Gasteiger partial charge in [0.2, 0.25) is 0 Å². The van der Waals surface area contributed by atoms with Crippen molar-refractivity contribution < 1.29 is 0 Å². The van der Waals surface area contributed by atoms with Crippen LogP contribution in [0.15, 0.2) is 35.7 Å². The number of rotatable bonds is 3. The lowest BCUT2D eigenvalue weighted by Crippen LogP contribution is -1.96. The number of halogens is 1. The van der Waals surface area contributed by atoms with Gasteiger partial charge in [-0.3, -0.25) is 0 Å². The molecular weight excluding hydrogens is 214 g/mol. The molecule has 2 aromatic rings. The maximum Gasteiger partial charge on any atom is 0.0494 e. The Morgan fingerprint density at radius 1 is 1.36 bits per heavy atom. The molecule has 2 rings (SSSR count). The molecule has 1 nitrogen and oxygen atoms in total. The third kappa shape index (κ3) is 2.50. The molecule has 0 aliphatic carbocycles. The van der Waals surface area contributed by atoms with Crippen molar-refractivity contribution in [1.29, 1.82) is 0 Å². The number of hydrogen-bond acceptors (Lipinski definition) is 2. The molecule has 0 fully saturated rings. The Hall–Kier alpha value is -0.990. The molecule has 14 heavy (non-hydrogen) atoms. The zero-order valence-corrected chi connectivity index (χ0v) is 9.03. The second kappa shape index (κ2) is 4.49. The first-order chi connectivity index (χ1) is 6.84. The average molecular weight is 223 g/mol. The molecule has 0 aliphatic rings. The van der Waals surface area contributed by atoms with Crippen molar-refractivity contribution in [2.75, 3.05) is 5.32 Å². The van der Waals surface area contributed by atoms with Crippen LogP contribution in [0.3, 0.4) is 0 Å². The van der Waals surface area contributed by atoms with Crippen molar-refractivity contribution in [3.8, 4) is 0 Å². The van der Waals surface area contributed by atoms with Crippen LogP contribution < -0.4 is 5.32 Å². The van der Waals surface area contributed by atoms with Crippen LogP contribution in [0.4, 0.5) is 5.69 Å². The minimum atomic E-state index is 0.715. The van der Waals surface area contributed by atoms with Crippen LogP contribution in [-0.2, 0) is 6.54 Å². The Morgan fingerprint density at radius 2 is 2.29 bits per heavy atom. The van der Waals surface area contributed by atoms with Gasteiger partial charge in [0.25, 0.3) is 0 Å². The van der Waals surface area contributed by atoms with E-state index in [9.17, 15) is 0 Å². The van der Waals surface area contributed by atoms with Crippen molar-refractivity contribution in [2.24, 2.45) is 0 Å². The minimum absolute atomic E-state index is 0.715. The van der Waals surface area contributed by atoms with Crippen molar-refractivity contribution in [1.82, 2.24) is 0 Å². The quantitative estimate of drug-likeness (QED) is 0.833. The molecular formula is C11H9ClNS. The highest BCUT2D eigenvalue weighted by Crippen LogP contribution is 2.15. The average Bonchev–Trinajstić information content (AvgIpc) is 2.70. The van der Waals surface area contributed by atoms with Crippen LogP contribution in [0.5, 0.6) is 0 Å². The van der Waals surface area contributed by atoms with E-state index < -0.39 is 0 Å². The van der Waals surface area contributed by atoms with Gasteiger partial charge in [-0.1, -0.05) is 17.7 Å². The van der Waals surface area contributed by atoms with Gasteiger partial charge in [-0.25, -0.2) is 0 Å². The predicted octanol–water partition coefficient (Wildman–Crippen LogP) is 3.81. The molecule has 1 aromatic carbocycles. The summed E-state index contributed by atoms with van der Waals surface area (Å²) in [5, 5.41) is 6.06. The van der Waals surface area contributed by atoms with Crippen molar-refractivity contribution in [3.63, 3.8) is 0 Å². The van der Waals surface area contributed by atoms with E-state index in [0.29, 0.717) is 5.02 Å². The highest BCUT2D eigenvalue weighted by atomic mass is 35.5. The maximum atomic E-state index is 5.75. The Labute approximate surface area is 92.3 Å². The maximum absolute atomic E-state index is 5.75. The van der Waals surface area contributed by atoms with E-state index in [1.165, 1.54) is 4.88 Å². The lowest BCUT2D eigenvalue weighted by atomic mass is 10.3. The lowest BCUT2D eigenvalue weighted by Gasteiger charge is -2.03. The van der Waals surface area contributed by atoms with Gasteiger partial charge in [-0.15, -0.1) is 11.3 Å². The van der Waals surface area contributed by atoms with Gasteiger partial charge in [0, 0.05) is 28.2 Å². The van der Waals surface area contributed by atoms with Crippen LogP contribution >= 0.6 is 22.9 Å². The first-order valence-electron chi connectivity index (χ1n) is 4.28. The fourth-order valence-corrected chi connectivity index (χ4v) is 1.87.